The van der Waals surface area contributed by atoms with Gasteiger partial charge >= 0.3 is 24.1 Å². The van der Waals surface area contributed by atoms with Crippen molar-refractivity contribution in [3.63, 3.8) is 0 Å². The summed E-state index contributed by atoms with van der Waals surface area (Å²) < 4.78 is 70.8. The van der Waals surface area contributed by atoms with Crippen molar-refractivity contribution < 1.29 is 70.0 Å². The van der Waals surface area contributed by atoms with E-state index < -0.39 is 83.3 Å². The molecule has 1 aromatic carbocycles. The Morgan fingerprint density at radius 1 is 0.943 bits per heavy atom. The number of esters is 1. The number of nitrogens with one attached hydrogen (secondary N) is 1. The van der Waals surface area contributed by atoms with Gasteiger partial charge in [0.25, 0.3) is 0 Å². The number of anilines is 1. The van der Waals surface area contributed by atoms with Crippen LogP contribution in [0.5, 0.6) is 5.75 Å². The van der Waals surface area contributed by atoms with E-state index in [0.29, 0.717) is 31.9 Å². The molecule has 0 saturated carbocycles. The van der Waals surface area contributed by atoms with Crippen LogP contribution in [0.25, 0.3) is 0 Å². The smallest absolute Gasteiger partial charge is 0.490 e. The fourth-order valence-electron chi connectivity index (χ4n) is 5.32. The Balaban J connectivity index is 0.000000980. The largest absolute Gasteiger partial charge is 0.497 e. The summed E-state index contributed by atoms with van der Waals surface area (Å²) in [6.07, 6.45) is -2.92. The predicted molar refractivity (Wildman–Crippen MR) is 175 cm³/mol. The van der Waals surface area contributed by atoms with E-state index in [2.05, 4.69) is 14.6 Å². The number of carboxylic acid groups (broad SMARTS) is 2. The molecule has 290 valence electrons. The second-order valence-corrected chi connectivity index (χ2v) is 13.1. The Kier molecular flexibility index (Phi) is 14.5. The molecule has 0 bridgehead atoms. The Hall–Kier alpha value is -5.51. The van der Waals surface area contributed by atoms with E-state index in [1.54, 1.807) is 12.4 Å². The van der Waals surface area contributed by atoms with Gasteiger partial charge < -0.3 is 39.3 Å². The highest BCUT2D eigenvalue weighted by molar-refractivity contribution is 7.89. The highest BCUT2D eigenvalue weighted by Gasteiger charge is 2.43. The number of alkyl halides is 3. The van der Waals surface area contributed by atoms with Gasteiger partial charge in [-0.15, -0.1) is 0 Å². The molecule has 2 atom stereocenters. The average molecular weight is 775 g/mol. The molecule has 2 unspecified atom stereocenters. The topological polar surface area (TPSA) is 233 Å². The van der Waals surface area contributed by atoms with Crippen molar-refractivity contribution in [2.24, 2.45) is 0 Å². The van der Waals surface area contributed by atoms with Crippen molar-refractivity contribution in [3.8, 4) is 5.75 Å². The number of nitrogens with zero attached hydrogens (tertiary/aromatic N) is 5. The lowest BCUT2D eigenvalue weighted by Crippen LogP contribution is -2.63. The van der Waals surface area contributed by atoms with Gasteiger partial charge in [-0.3, -0.25) is 29.0 Å². The summed E-state index contributed by atoms with van der Waals surface area (Å²) in [5, 5.41) is 16.4. The van der Waals surface area contributed by atoms with Crippen molar-refractivity contribution in [1.29, 1.82) is 0 Å². The van der Waals surface area contributed by atoms with Crippen LogP contribution in [0.15, 0.2) is 53.7 Å². The van der Waals surface area contributed by atoms with Gasteiger partial charge in [0.05, 0.1) is 32.0 Å². The lowest BCUT2D eigenvalue weighted by molar-refractivity contribution is -0.192. The van der Waals surface area contributed by atoms with Crippen molar-refractivity contribution in [2.75, 3.05) is 64.9 Å². The molecule has 0 spiro atoms. The second-order valence-electron chi connectivity index (χ2n) is 11.4. The number of carboxylic acids is 2. The molecule has 4 rings (SSSR count). The number of carbonyl (C=O) groups is 6. The van der Waals surface area contributed by atoms with Crippen LogP contribution in [0.2, 0.25) is 0 Å². The minimum atomic E-state index is -5.08. The highest BCUT2D eigenvalue weighted by atomic mass is 32.2. The summed E-state index contributed by atoms with van der Waals surface area (Å²) >= 11 is 0. The number of aliphatic carboxylic acids is 2. The fraction of sp³-hybridized carbons (Fsp3) is 0.452. The number of aromatic nitrogens is 1. The van der Waals surface area contributed by atoms with Gasteiger partial charge in [0.15, 0.2) is 0 Å². The van der Waals surface area contributed by atoms with Crippen molar-refractivity contribution in [2.45, 2.75) is 36.0 Å². The van der Waals surface area contributed by atoms with Crippen LogP contribution in [0.4, 0.5) is 18.9 Å². The molecule has 0 aliphatic carbocycles. The van der Waals surface area contributed by atoms with Crippen molar-refractivity contribution in [1.82, 2.24) is 24.4 Å². The number of piperazine rings is 2. The zero-order valence-corrected chi connectivity index (χ0v) is 29.2. The lowest BCUT2D eigenvalue weighted by atomic mass is 10.0. The number of hydrogen-bond donors (Lipinski definition) is 3. The van der Waals surface area contributed by atoms with Gasteiger partial charge in [0.2, 0.25) is 27.7 Å². The van der Waals surface area contributed by atoms with E-state index in [-0.39, 0.29) is 18.0 Å². The van der Waals surface area contributed by atoms with Gasteiger partial charge in [-0.25, -0.2) is 13.2 Å². The number of methoxy groups -OCH3 is 2. The molecule has 2 saturated heterocycles. The third-order valence-corrected chi connectivity index (χ3v) is 9.51. The maximum absolute atomic E-state index is 14.1. The number of ether oxygens (including phenoxy) is 2. The quantitative estimate of drug-likeness (QED) is 0.237. The molecular weight excluding hydrogens is 737 g/mol. The maximum Gasteiger partial charge on any atom is 0.490 e. The highest BCUT2D eigenvalue weighted by Crippen LogP contribution is 2.22. The number of carbonyl (C=O) groups excluding carboxylic acids is 4. The molecule has 2 aliphatic heterocycles. The molecule has 22 heteroatoms. The summed E-state index contributed by atoms with van der Waals surface area (Å²) in [7, 11) is -1.87. The summed E-state index contributed by atoms with van der Waals surface area (Å²) in [5.41, 5.74) is 0.936. The number of rotatable bonds is 12. The molecule has 2 aromatic rings. The monoisotopic (exact) mass is 774 g/mol. The number of pyridine rings is 1. The minimum Gasteiger partial charge on any atom is -0.497 e. The molecule has 2 fully saturated rings. The molecule has 2 aliphatic rings. The lowest BCUT2D eigenvalue weighted by Gasteiger charge is -2.41. The van der Waals surface area contributed by atoms with Crippen molar-refractivity contribution in [3.05, 3.63) is 48.8 Å². The van der Waals surface area contributed by atoms with Crippen LogP contribution in [0.1, 0.15) is 12.8 Å². The molecule has 1 aromatic heterocycles. The molecule has 0 radical (unpaired) electrons. The molecular formula is C31H37F3N6O12S. The third-order valence-electron chi connectivity index (χ3n) is 8.03. The molecule has 53 heavy (non-hydrogen) atoms. The van der Waals surface area contributed by atoms with E-state index in [0.717, 1.165) is 22.6 Å². The first-order valence-electron chi connectivity index (χ1n) is 15.6. The number of amides is 3. The second kappa shape index (κ2) is 18.3. The van der Waals surface area contributed by atoms with Crippen LogP contribution < -0.4 is 14.4 Å². The van der Waals surface area contributed by atoms with Gasteiger partial charge in [-0.1, -0.05) is 0 Å². The first-order chi connectivity index (χ1) is 24.9. The van der Waals surface area contributed by atoms with Gasteiger partial charge in [0.1, 0.15) is 24.4 Å². The van der Waals surface area contributed by atoms with Gasteiger partial charge in [0, 0.05) is 57.3 Å². The molecule has 18 nitrogen and oxygen atoms in total. The molecule has 3 heterocycles. The number of halogens is 3. The maximum atomic E-state index is 14.1. The van der Waals surface area contributed by atoms with Crippen LogP contribution >= 0.6 is 0 Å². The summed E-state index contributed by atoms with van der Waals surface area (Å²) in [6.45, 7) is 0.558. The fourth-order valence-corrected chi connectivity index (χ4v) is 6.51. The Morgan fingerprint density at radius 3 is 2.04 bits per heavy atom. The van der Waals surface area contributed by atoms with Crippen LogP contribution in [0.3, 0.4) is 0 Å². The molecule has 3 amide bonds. The SMILES string of the molecule is COC(=O)CC1C(=O)N(CC(=O)O)CCN1C(=O)C(CC(=O)N1CCN(c2ccncc2)CC1)NS(=O)(=O)c1ccc(OC)cc1.O=C(O)C(F)(F)F. The normalized spacial score (nSPS) is 16.9. The third kappa shape index (κ3) is 11.8. The Bertz CT molecular complexity index is 1740. The Morgan fingerprint density at radius 2 is 1.53 bits per heavy atom. The number of sulfonamides is 1. The van der Waals surface area contributed by atoms with Gasteiger partial charge in [-0.05, 0) is 36.4 Å². The van der Waals surface area contributed by atoms with Crippen LogP contribution in [0, 0.1) is 0 Å². The number of benzene rings is 1. The standard InChI is InChI=1S/C29H36N6O10S.C2HF3O2/c1-44-21-3-5-22(6-4-21)46(42,43)31-23(17-25(36)33-13-11-32(12-14-33)20-7-9-30-10-8-20)28(40)35-16-15-34(19-26(37)38)29(41)24(35)18-27(39)45-2;3-2(4,5)1(6)7/h3-10,23-24,31H,11-19H2,1-2H3,(H,37,38);(H,6,7). The van der Waals surface area contributed by atoms with Crippen LogP contribution in [-0.2, 0) is 43.5 Å². The zero-order valence-electron chi connectivity index (χ0n) is 28.4. The van der Waals surface area contributed by atoms with E-state index in [1.165, 1.54) is 36.3 Å². The summed E-state index contributed by atoms with van der Waals surface area (Å²) in [4.78, 5) is 82.8. The first kappa shape index (κ1) is 41.9. The van der Waals surface area contributed by atoms with Crippen LogP contribution in [-0.4, -0.2) is 152 Å². The Labute approximate surface area is 301 Å². The summed E-state index contributed by atoms with van der Waals surface area (Å²) in [6, 6.07) is 5.97. The summed E-state index contributed by atoms with van der Waals surface area (Å²) in [5.74, 6) is -6.72. The van der Waals surface area contributed by atoms with Crippen molar-refractivity contribution >= 4 is 51.3 Å². The first-order valence-corrected chi connectivity index (χ1v) is 17.1. The molecule has 3 N–H and O–H groups in total. The van der Waals surface area contributed by atoms with E-state index in [1.807, 2.05) is 12.1 Å². The minimum absolute atomic E-state index is 0.183. The van der Waals surface area contributed by atoms with Gasteiger partial charge in [-0.2, -0.15) is 17.9 Å². The van der Waals surface area contributed by atoms with E-state index in [9.17, 15) is 50.7 Å². The average Bonchev–Trinajstić information content (AvgIpc) is 3.12. The van der Waals surface area contributed by atoms with E-state index in [4.69, 9.17) is 19.4 Å². The zero-order chi connectivity index (χ0) is 39.5. The van der Waals surface area contributed by atoms with E-state index >= 15 is 0 Å². The number of hydrogen-bond acceptors (Lipinski definition) is 12. The predicted octanol–water partition coefficient (Wildman–Crippen LogP) is -0.204.